The molecule has 1 aromatic rings. The Morgan fingerprint density at radius 3 is 3.12 bits per heavy atom. The zero-order valence-corrected chi connectivity index (χ0v) is 9.68. The zero-order valence-electron chi connectivity index (χ0n) is 9.68. The highest BCUT2D eigenvalue weighted by Crippen LogP contribution is 2.24. The fraction of sp³-hybridized carbons (Fsp3) is 0.750. The smallest absolute Gasteiger partial charge is 0.0946 e. The van der Waals surface area contributed by atoms with Gasteiger partial charge in [0, 0.05) is 44.6 Å². The van der Waals surface area contributed by atoms with Crippen molar-refractivity contribution >= 4 is 0 Å². The molecule has 2 atom stereocenters. The molecule has 3 heterocycles. The van der Waals surface area contributed by atoms with Gasteiger partial charge in [-0.3, -0.25) is 4.90 Å². The van der Waals surface area contributed by atoms with Gasteiger partial charge in [0.15, 0.2) is 0 Å². The van der Waals surface area contributed by atoms with Crippen LogP contribution in [-0.2, 0) is 6.54 Å². The van der Waals surface area contributed by atoms with E-state index in [1.807, 2.05) is 18.7 Å². The van der Waals surface area contributed by atoms with Crippen molar-refractivity contribution in [1.29, 1.82) is 0 Å². The SMILES string of the molecule is c1cn(CCN2C[C@@H]3CCCN[C@@H]3C2)cn1. The van der Waals surface area contributed by atoms with Crippen molar-refractivity contribution in [3.05, 3.63) is 18.7 Å². The van der Waals surface area contributed by atoms with Crippen molar-refractivity contribution < 1.29 is 0 Å². The lowest BCUT2D eigenvalue weighted by atomic mass is 9.94. The van der Waals surface area contributed by atoms with Crippen LogP contribution in [0.5, 0.6) is 0 Å². The van der Waals surface area contributed by atoms with Crippen molar-refractivity contribution in [2.45, 2.75) is 25.4 Å². The van der Waals surface area contributed by atoms with E-state index in [-0.39, 0.29) is 0 Å². The van der Waals surface area contributed by atoms with Crippen molar-refractivity contribution in [3.63, 3.8) is 0 Å². The molecule has 2 aliphatic heterocycles. The monoisotopic (exact) mass is 220 g/mol. The summed E-state index contributed by atoms with van der Waals surface area (Å²) < 4.78 is 2.16. The fourth-order valence-corrected chi connectivity index (χ4v) is 2.99. The van der Waals surface area contributed by atoms with Crippen molar-refractivity contribution in [3.8, 4) is 0 Å². The van der Waals surface area contributed by atoms with Crippen molar-refractivity contribution in [2.75, 3.05) is 26.2 Å². The van der Waals surface area contributed by atoms with E-state index in [9.17, 15) is 0 Å². The maximum absolute atomic E-state index is 4.07. The number of hydrogen-bond donors (Lipinski definition) is 1. The lowest BCUT2D eigenvalue weighted by Crippen LogP contribution is -2.40. The minimum atomic E-state index is 0.761. The molecule has 3 rings (SSSR count). The van der Waals surface area contributed by atoms with Gasteiger partial charge in [-0.15, -0.1) is 0 Å². The van der Waals surface area contributed by atoms with Crippen molar-refractivity contribution in [2.24, 2.45) is 5.92 Å². The lowest BCUT2D eigenvalue weighted by Gasteiger charge is -2.24. The predicted molar refractivity (Wildman–Crippen MR) is 63.2 cm³/mol. The molecular weight excluding hydrogens is 200 g/mol. The van der Waals surface area contributed by atoms with E-state index in [0.29, 0.717) is 0 Å². The molecule has 2 saturated heterocycles. The molecule has 2 aliphatic rings. The Labute approximate surface area is 96.7 Å². The summed E-state index contributed by atoms with van der Waals surface area (Å²) in [5.74, 6) is 0.900. The fourth-order valence-electron chi connectivity index (χ4n) is 2.99. The molecule has 4 heteroatoms. The normalized spacial score (nSPS) is 30.5. The highest BCUT2D eigenvalue weighted by molar-refractivity contribution is 4.91. The number of aromatic nitrogens is 2. The molecule has 0 saturated carbocycles. The van der Waals surface area contributed by atoms with Crippen LogP contribution < -0.4 is 5.32 Å². The van der Waals surface area contributed by atoms with E-state index in [1.54, 1.807) is 0 Å². The first-order chi connectivity index (χ1) is 7.92. The second-order valence-electron chi connectivity index (χ2n) is 5.02. The van der Waals surface area contributed by atoms with Crippen LogP contribution in [0.3, 0.4) is 0 Å². The number of rotatable bonds is 3. The number of likely N-dealkylation sites (tertiary alicyclic amines) is 1. The Morgan fingerprint density at radius 2 is 2.31 bits per heavy atom. The van der Waals surface area contributed by atoms with Gasteiger partial charge in [-0.25, -0.2) is 4.98 Å². The van der Waals surface area contributed by atoms with Gasteiger partial charge in [-0.2, -0.15) is 0 Å². The summed E-state index contributed by atoms with van der Waals surface area (Å²) in [7, 11) is 0. The highest BCUT2D eigenvalue weighted by Gasteiger charge is 2.33. The molecule has 0 aromatic carbocycles. The first kappa shape index (κ1) is 10.3. The molecule has 1 N–H and O–H groups in total. The third-order valence-electron chi connectivity index (χ3n) is 3.91. The summed E-state index contributed by atoms with van der Waals surface area (Å²) in [6.45, 7) is 5.97. The number of hydrogen-bond acceptors (Lipinski definition) is 3. The van der Waals surface area contributed by atoms with Crippen LogP contribution in [0.1, 0.15) is 12.8 Å². The van der Waals surface area contributed by atoms with Gasteiger partial charge in [-0.05, 0) is 25.3 Å². The molecule has 0 unspecified atom stereocenters. The standard InChI is InChI=1S/C12H20N4/c1-2-11-8-16(9-12(11)14-3-1)7-6-15-5-4-13-10-15/h4-5,10-12,14H,1-3,6-9H2/t11-,12+/m0/s1. The third kappa shape index (κ3) is 2.13. The van der Waals surface area contributed by atoms with Gasteiger partial charge in [0.05, 0.1) is 6.33 Å². The molecule has 0 radical (unpaired) electrons. The van der Waals surface area contributed by atoms with Gasteiger partial charge in [0.2, 0.25) is 0 Å². The van der Waals surface area contributed by atoms with E-state index in [2.05, 4.69) is 19.8 Å². The molecule has 1 aromatic heterocycles. The second-order valence-corrected chi connectivity index (χ2v) is 5.02. The van der Waals surface area contributed by atoms with Crippen LogP contribution in [0.4, 0.5) is 0 Å². The molecule has 0 amide bonds. The summed E-state index contributed by atoms with van der Waals surface area (Å²) in [5.41, 5.74) is 0. The van der Waals surface area contributed by atoms with E-state index in [4.69, 9.17) is 0 Å². The van der Waals surface area contributed by atoms with Crippen LogP contribution in [-0.4, -0.2) is 46.7 Å². The maximum atomic E-state index is 4.07. The average molecular weight is 220 g/mol. The summed E-state index contributed by atoms with van der Waals surface area (Å²) in [4.78, 5) is 6.66. The van der Waals surface area contributed by atoms with Gasteiger partial charge >= 0.3 is 0 Å². The molecular formula is C12H20N4. The predicted octanol–water partition coefficient (Wildman–Crippen LogP) is 0.567. The van der Waals surface area contributed by atoms with Crippen LogP contribution >= 0.6 is 0 Å². The van der Waals surface area contributed by atoms with E-state index in [0.717, 1.165) is 25.0 Å². The van der Waals surface area contributed by atoms with Gasteiger partial charge in [0.25, 0.3) is 0 Å². The van der Waals surface area contributed by atoms with Crippen LogP contribution in [0, 0.1) is 5.92 Å². The molecule has 2 fully saturated rings. The Bertz CT molecular complexity index is 308. The first-order valence-electron chi connectivity index (χ1n) is 6.33. The topological polar surface area (TPSA) is 33.1 Å². The second kappa shape index (κ2) is 4.55. The van der Waals surface area contributed by atoms with Crippen LogP contribution in [0.25, 0.3) is 0 Å². The number of nitrogens with zero attached hydrogens (tertiary/aromatic N) is 3. The number of fused-ring (bicyclic) bond motifs is 1. The Morgan fingerprint density at radius 1 is 1.31 bits per heavy atom. The Balaban J connectivity index is 1.50. The van der Waals surface area contributed by atoms with E-state index in [1.165, 1.54) is 32.5 Å². The molecule has 16 heavy (non-hydrogen) atoms. The van der Waals surface area contributed by atoms with Crippen molar-refractivity contribution in [1.82, 2.24) is 19.8 Å². The summed E-state index contributed by atoms with van der Waals surface area (Å²) in [6, 6.07) is 0.761. The minimum Gasteiger partial charge on any atom is -0.336 e. The van der Waals surface area contributed by atoms with Gasteiger partial charge in [-0.1, -0.05) is 0 Å². The highest BCUT2D eigenvalue weighted by atomic mass is 15.2. The van der Waals surface area contributed by atoms with E-state index >= 15 is 0 Å². The molecule has 0 spiro atoms. The summed E-state index contributed by atoms with van der Waals surface area (Å²) in [6.07, 6.45) is 8.57. The average Bonchev–Trinajstić information content (AvgIpc) is 2.95. The number of piperidine rings is 1. The van der Waals surface area contributed by atoms with Crippen LogP contribution in [0.2, 0.25) is 0 Å². The quantitative estimate of drug-likeness (QED) is 0.808. The van der Waals surface area contributed by atoms with E-state index < -0.39 is 0 Å². The van der Waals surface area contributed by atoms with Crippen LogP contribution in [0.15, 0.2) is 18.7 Å². The zero-order chi connectivity index (χ0) is 10.8. The Kier molecular flexibility index (Phi) is 2.93. The number of nitrogens with one attached hydrogen (secondary N) is 1. The molecule has 0 aliphatic carbocycles. The third-order valence-corrected chi connectivity index (χ3v) is 3.91. The van der Waals surface area contributed by atoms with Gasteiger partial charge < -0.3 is 9.88 Å². The molecule has 88 valence electrons. The summed E-state index contributed by atoms with van der Waals surface area (Å²) in [5, 5.41) is 3.64. The molecule has 0 bridgehead atoms. The minimum absolute atomic E-state index is 0.761. The summed E-state index contributed by atoms with van der Waals surface area (Å²) >= 11 is 0. The number of imidazole rings is 1. The first-order valence-corrected chi connectivity index (χ1v) is 6.33. The Hall–Kier alpha value is -0.870. The maximum Gasteiger partial charge on any atom is 0.0946 e. The lowest BCUT2D eigenvalue weighted by molar-refractivity contribution is 0.306. The molecule has 4 nitrogen and oxygen atoms in total. The largest absolute Gasteiger partial charge is 0.336 e. The van der Waals surface area contributed by atoms with Gasteiger partial charge in [0.1, 0.15) is 0 Å².